The lowest BCUT2D eigenvalue weighted by Crippen LogP contribution is -2.04. The normalized spacial score (nSPS) is 12.6. The number of hydrogen-bond donors (Lipinski definition) is 1. The highest BCUT2D eigenvalue weighted by Gasteiger charge is 2.16. The molecule has 0 bridgehead atoms. The van der Waals surface area contributed by atoms with Crippen LogP contribution in [-0.4, -0.2) is 10.1 Å². The molecule has 1 heterocycles. The molecule has 3 aromatic rings. The van der Waals surface area contributed by atoms with Gasteiger partial charge in [0.15, 0.2) is 11.6 Å². The van der Waals surface area contributed by atoms with E-state index in [0.717, 1.165) is 22.9 Å². The summed E-state index contributed by atoms with van der Waals surface area (Å²) in [5.74, 6) is -1.92. The molecule has 1 unspecified atom stereocenters. The number of benzene rings is 2. The number of rotatable bonds is 2. The number of aliphatic hydroxyl groups excluding tert-OH is 1. The molecule has 1 N–H and O–H groups in total. The number of aromatic nitrogens is 1. The Bertz CT molecular complexity index is 768. The first-order valence-corrected chi connectivity index (χ1v) is 6.13. The van der Waals surface area contributed by atoms with Crippen molar-refractivity contribution in [2.24, 2.45) is 0 Å². The second kappa shape index (κ2) is 4.98. The molecule has 0 saturated heterocycles. The number of aliphatic hydroxyl groups is 1. The molecular formula is C16H11F2NO. The van der Waals surface area contributed by atoms with Gasteiger partial charge in [-0.05, 0) is 29.1 Å². The molecular weight excluding hydrogens is 260 g/mol. The lowest BCUT2D eigenvalue weighted by molar-refractivity contribution is 0.216. The van der Waals surface area contributed by atoms with Gasteiger partial charge in [-0.2, -0.15) is 0 Å². The lowest BCUT2D eigenvalue weighted by Gasteiger charge is -2.13. The number of halogens is 2. The third-order valence-electron chi connectivity index (χ3n) is 3.22. The molecule has 100 valence electrons. The zero-order chi connectivity index (χ0) is 14.1. The molecule has 20 heavy (non-hydrogen) atoms. The monoisotopic (exact) mass is 271 g/mol. The second-order valence-electron chi connectivity index (χ2n) is 4.49. The van der Waals surface area contributed by atoms with E-state index in [1.807, 2.05) is 30.3 Å². The van der Waals surface area contributed by atoms with Crippen LogP contribution in [0.4, 0.5) is 8.78 Å². The van der Waals surface area contributed by atoms with Gasteiger partial charge < -0.3 is 5.11 Å². The Labute approximate surface area is 114 Å². The molecule has 0 fully saturated rings. The molecule has 2 aromatic carbocycles. The maximum absolute atomic E-state index is 13.3. The van der Waals surface area contributed by atoms with E-state index in [-0.39, 0.29) is 5.56 Å². The van der Waals surface area contributed by atoms with Gasteiger partial charge in [-0.1, -0.05) is 30.3 Å². The molecule has 0 radical (unpaired) electrons. The van der Waals surface area contributed by atoms with Crippen molar-refractivity contribution in [2.75, 3.05) is 0 Å². The zero-order valence-electron chi connectivity index (χ0n) is 10.4. The van der Waals surface area contributed by atoms with Gasteiger partial charge in [0.25, 0.3) is 0 Å². The van der Waals surface area contributed by atoms with Crippen LogP contribution in [0.1, 0.15) is 17.4 Å². The van der Waals surface area contributed by atoms with Crippen LogP contribution < -0.4 is 0 Å². The van der Waals surface area contributed by atoms with Gasteiger partial charge in [-0.15, -0.1) is 0 Å². The summed E-state index contributed by atoms with van der Waals surface area (Å²) in [4.78, 5) is 4.17. The standard InChI is InChI=1S/C16H11F2NO/c17-13-6-5-11(9-14(13)18)16(20)15-12-4-2-1-3-10(12)7-8-19-15/h1-9,16,20H. The molecule has 4 heteroatoms. The highest BCUT2D eigenvalue weighted by atomic mass is 19.2. The lowest BCUT2D eigenvalue weighted by atomic mass is 10.0. The molecule has 2 nitrogen and oxygen atoms in total. The molecule has 1 aromatic heterocycles. The van der Waals surface area contributed by atoms with Crippen molar-refractivity contribution >= 4 is 10.8 Å². The van der Waals surface area contributed by atoms with E-state index in [2.05, 4.69) is 4.98 Å². The summed E-state index contributed by atoms with van der Waals surface area (Å²) >= 11 is 0. The summed E-state index contributed by atoms with van der Waals surface area (Å²) in [6, 6.07) is 12.6. The van der Waals surface area contributed by atoms with E-state index >= 15 is 0 Å². The van der Waals surface area contributed by atoms with Gasteiger partial charge >= 0.3 is 0 Å². The van der Waals surface area contributed by atoms with Crippen molar-refractivity contribution in [3.8, 4) is 0 Å². The maximum Gasteiger partial charge on any atom is 0.159 e. The fourth-order valence-electron chi connectivity index (χ4n) is 2.20. The van der Waals surface area contributed by atoms with Crippen molar-refractivity contribution in [2.45, 2.75) is 6.10 Å². The van der Waals surface area contributed by atoms with Crippen LogP contribution in [0.5, 0.6) is 0 Å². The molecule has 0 aliphatic heterocycles. The van der Waals surface area contributed by atoms with E-state index in [1.165, 1.54) is 6.07 Å². The van der Waals surface area contributed by atoms with Gasteiger partial charge in [0.05, 0.1) is 5.69 Å². The largest absolute Gasteiger partial charge is 0.382 e. The Balaban J connectivity index is 2.12. The number of pyridine rings is 1. The molecule has 0 aliphatic rings. The van der Waals surface area contributed by atoms with E-state index < -0.39 is 17.7 Å². The van der Waals surface area contributed by atoms with Crippen LogP contribution in [0.3, 0.4) is 0 Å². The van der Waals surface area contributed by atoms with E-state index in [1.54, 1.807) is 6.20 Å². The molecule has 0 saturated carbocycles. The van der Waals surface area contributed by atoms with E-state index in [0.29, 0.717) is 5.69 Å². The predicted octanol–water partition coefficient (Wildman–Crippen LogP) is 3.59. The second-order valence-corrected chi connectivity index (χ2v) is 4.49. The molecule has 0 spiro atoms. The third-order valence-corrected chi connectivity index (χ3v) is 3.22. The highest BCUT2D eigenvalue weighted by molar-refractivity contribution is 5.84. The summed E-state index contributed by atoms with van der Waals surface area (Å²) in [7, 11) is 0. The van der Waals surface area contributed by atoms with E-state index in [4.69, 9.17) is 0 Å². The van der Waals surface area contributed by atoms with Crippen LogP contribution in [0.2, 0.25) is 0 Å². The Kier molecular flexibility index (Phi) is 3.16. The molecule has 0 aliphatic carbocycles. The number of fused-ring (bicyclic) bond motifs is 1. The van der Waals surface area contributed by atoms with Crippen LogP contribution in [-0.2, 0) is 0 Å². The fraction of sp³-hybridized carbons (Fsp3) is 0.0625. The number of nitrogens with zero attached hydrogens (tertiary/aromatic N) is 1. The first-order chi connectivity index (χ1) is 9.66. The van der Waals surface area contributed by atoms with Crippen LogP contribution in [0.15, 0.2) is 54.7 Å². The zero-order valence-corrected chi connectivity index (χ0v) is 10.4. The summed E-state index contributed by atoms with van der Waals surface area (Å²) < 4.78 is 26.2. The minimum Gasteiger partial charge on any atom is -0.382 e. The Morgan fingerprint density at radius 2 is 1.75 bits per heavy atom. The van der Waals surface area contributed by atoms with Crippen molar-refractivity contribution in [3.05, 3.63) is 77.6 Å². The minimum atomic E-state index is -1.10. The molecule has 0 amide bonds. The van der Waals surface area contributed by atoms with Crippen molar-refractivity contribution in [1.82, 2.24) is 4.98 Å². The van der Waals surface area contributed by atoms with E-state index in [9.17, 15) is 13.9 Å². The fourth-order valence-corrected chi connectivity index (χ4v) is 2.20. The minimum absolute atomic E-state index is 0.271. The van der Waals surface area contributed by atoms with Gasteiger partial charge in [-0.3, -0.25) is 4.98 Å². The Morgan fingerprint density at radius 3 is 2.55 bits per heavy atom. The van der Waals surface area contributed by atoms with Crippen LogP contribution in [0, 0.1) is 11.6 Å². The quantitative estimate of drug-likeness (QED) is 0.772. The van der Waals surface area contributed by atoms with Gasteiger partial charge in [-0.25, -0.2) is 8.78 Å². The third kappa shape index (κ3) is 2.14. The average molecular weight is 271 g/mol. The van der Waals surface area contributed by atoms with Crippen molar-refractivity contribution in [3.63, 3.8) is 0 Å². The smallest absolute Gasteiger partial charge is 0.159 e. The first kappa shape index (κ1) is 12.7. The van der Waals surface area contributed by atoms with Gasteiger partial charge in [0.2, 0.25) is 0 Å². The predicted molar refractivity (Wildman–Crippen MR) is 72.2 cm³/mol. The van der Waals surface area contributed by atoms with Gasteiger partial charge in [0.1, 0.15) is 6.10 Å². The molecule has 3 rings (SSSR count). The summed E-state index contributed by atoms with van der Waals surface area (Å²) in [6.45, 7) is 0. The SMILES string of the molecule is OC(c1ccc(F)c(F)c1)c1nccc2ccccc12. The first-order valence-electron chi connectivity index (χ1n) is 6.13. The van der Waals surface area contributed by atoms with Crippen molar-refractivity contribution < 1.29 is 13.9 Å². The summed E-state index contributed by atoms with van der Waals surface area (Å²) in [6.07, 6.45) is 0.483. The summed E-state index contributed by atoms with van der Waals surface area (Å²) in [5, 5.41) is 12.1. The average Bonchev–Trinajstić information content (AvgIpc) is 2.49. The Morgan fingerprint density at radius 1 is 0.950 bits per heavy atom. The summed E-state index contributed by atoms with van der Waals surface area (Å²) in [5.41, 5.74) is 0.696. The highest BCUT2D eigenvalue weighted by Crippen LogP contribution is 2.27. The molecule has 1 atom stereocenters. The Hall–Kier alpha value is -2.33. The maximum atomic E-state index is 13.3. The van der Waals surface area contributed by atoms with Crippen LogP contribution >= 0.6 is 0 Å². The number of hydrogen-bond acceptors (Lipinski definition) is 2. The topological polar surface area (TPSA) is 33.1 Å². The van der Waals surface area contributed by atoms with Crippen molar-refractivity contribution in [1.29, 1.82) is 0 Å². The van der Waals surface area contributed by atoms with Gasteiger partial charge in [0, 0.05) is 11.6 Å². The van der Waals surface area contributed by atoms with Crippen LogP contribution in [0.25, 0.3) is 10.8 Å².